The van der Waals surface area contributed by atoms with Crippen LogP contribution in [-0.2, 0) is 9.47 Å². The molecule has 6 nitrogen and oxygen atoms in total. The normalized spacial score (nSPS) is 20.8. The predicted molar refractivity (Wildman–Crippen MR) is 104 cm³/mol. The van der Waals surface area contributed by atoms with Crippen molar-refractivity contribution in [3.8, 4) is 0 Å². The van der Waals surface area contributed by atoms with E-state index in [1.807, 2.05) is 13.0 Å². The number of hydrogen-bond donors (Lipinski definition) is 1. The molecule has 0 bridgehead atoms. The summed E-state index contributed by atoms with van der Waals surface area (Å²) >= 11 is 1.62. The van der Waals surface area contributed by atoms with Crippen LogP contribution in [0.25, 0.3) is 0 Å². The summed E-state index contributed by atoms with van der Waals surface area (Å²) in [4.78, 5) is 19.9. The maximum Gasteiger partial charge on any atom is 0.254 e. The summed E-state index contributed by atoms with van der Waals surface area (Å²) in [6.07, 6.45) is 3.44. The van der Waals surface area contributed by atoms with Crippen LogP contribution in [0.15, 0.2) is 11.1 Å². The van der Waals surface area contributed by atoms with Crippen LogP contribution >= 0.6 is 11.8 Å². The summed E-state index contributed by atoms with van der Waals surface area (Å²) in [6.45, 7) is 8.58. The van der Waals surface area contributed by atoms with E-state index in [1.54, 1.807) is 11.8 Å². The molecule has 1 aromatic rings. The lowest BCUT2D eigenvalue weighted by Gasteiger charge is -2.29. The van der Waals surface area contributed by atoms with Crippen molar-refractivity contribution in [3.05, 3.63) is 17.2 Å². The van der Waals surface area contributed by atoms with Crippen LogP contribution in [-0.4, -0.2) is 62.2 Å². The van der Waals surface area contributed by atoms with Gasteiger partial charge in [-0.05, 0) is 43.6 Å². The second-order valence-corrected chi connectivity index (χ2v) is 7.96. The van der Waals surface area contributed by atoms with Crippen LogP contribution in [0, 0.1) is 6.92 Å². The van der Waals surface area contributed by atoms with Crippen LogP contribution in [0.5, 0.6) is 0 Å². The first-order chi connectivity index (χ1) is 12.7. The largest absolute Gasteiger partial charge is 0.378 e. The summed E-state index contributed by atoms with van der Waals surface area (Å²) in [6, 6.07) is 2.02. The first-order valence-electron chi connectivity index (χ1n) is 9.56. The summed E-state index contributed by atoms with van der Waals surface area (Å²) in [5.74, 6) is 1.77. The summed E-state index contributed by atoms with van der Waals surface area (Å²) in [5.41, 5.74) is 1.67. The van der Waals surface area contributed by atoms with Crippen molar-refractivity contribution < 1.29 is 14.3 Å². The highest BCUT2D eigenvalue weighted by atomic mass is 32.2. The van der Waals surface area contributed by atoms with Gasteiger partial charge in [0, 0.05) is 26.2 Å². The van der Waals surface area contributed by atoms with Crippen molar-refractivity contribution in [2.45, 2.75) is 44.2 Å². The SMILES string of the molecule is CCSc1nc(N2CCOCC2)cc(C)c1C(=O)NCC1CCCCO1. The van der Waals surface area contributed by atoms with E-state index in [1.165, 1.54) is 6.42 Å². The van der Waals surface area contributed by atoms with Crippen LogP contribution in [0.2, 0.25) is 0 Å². The number of nitrogens with zero attached hydrogens (tertiary/aromatic N) is 2. The number of nitrogens with one attached hydrogen (secondary N) is 1. The molecule has 0 aliphatic carbocycles. The Morgan fingerprint density at radius 3 is 2.85 bits per heavy atom. The van der Waals surface area contributed by atoms with E-state index in [2.05, 4.69) is 17.1 Å². The molecule has 0 spiro atoms. The van der Waals surface area contributed by atoms with Gasteiger partial charge in [0.05, 0.1) is 24.9 Å². The topological polar surface area (TPSA) is 63.7 Å². The van der Waals surface area contributed by atoms with Gasteiger partial charge in [0.2, 0.25) is 0 Å². The summed E-state index contributed by atoms with van der Waals surface area (Å²) in [7, 11) is 0. The summed E-state index contributed by atoms with van der Waals surface area (Å²) in [5, 5.41) is 3.87. The smallest absolute Gasteiger partial charge is 0.254 e. The zero-order valence-corrected chi connectivity index (χ0v) is 16.6. The van der Waals surface area contributed by atoms with Gasteiger partial charge in [-0.15, -0.1) is 11.8 Å². The first-order valence-corrected chi connectivity index (χ1v) is 10.5. The molecule has 1 aromatic heterocycles. The Kier molecular flexibility index (Phi) is 7.16. The predicted octanol–water partition coefficient (Wildman–Crippen LogP) is 2.64. The van der Waals surface area contributed by atoms with E-state index < -0.39 is 0 Å². The molecule has 0 aromatic carbocycles. The highest BCUT2D eigenvalue weighted by Gasteiger charge is 2.22. The molecule has 0 radical (unpaired) electrons. The zero-order valence-electron chi connectivity index (χ0n) is 15.8. The van der Waals surface area contributed by atoms with Gasteiger partial charge < -0.3 is 19.7 Å². The highest BCUT2D eigenvalue weighted by Crippen LogP contribution is 2.28. The Labute approximate surface area is 160 Å². The Morgan fingerprint density at radius 1 is 1.35 bits per heavy atom. The van der Waals surface area contributed by atoms with Crippen molar-refractivity contribution >= 4 is 23.5 Å². The number of aromatic nitrogens is 1. The van der Waals surface area contributed by atoms with Crippen LogP contribution in [0.1, 0.15) is 42.1 Å². The molecule has 1 atom stereocenters. The van der Waals surface area contributed by atoms with Gasteiger partial charge in [-0.1, -0.05) is 6.92 Å². The fourth-order valence-corrected chi connectivity index (χ4v) is 4.19. The summed E-state index contributed by atoms with van der Waals surface area (Å²) < 4.78 is 11.1. The molecular formula is C19H29N3O3S. The van der Waals surface area contributed by atoms with Crippen molar-refractivity contribution in [2.75, 3.05) is 50.1 Å². The number of morpholine rings is 1. The van der Waals surface area contributed by atoms with Gasteiger partial charge in [0.25, 0.3) is 5.91 Å². The second-order valence-electron chi connectivity index (χ2n) is 6.71. The number of aryl methyl sites for hydroxylation is 1. The van der Waals surface area contributed by atoms with Crippen LogP contribution in [0.4, 0.5) is 5.82 Å². The van der Waals surface area contributed by atoms with E-state index in [-0.39, 0.29) is 12.0 Å². The maximum absolute atomic E-state index is 12.8. The van der Waals surface area contributed by atoms with E-state index in [4.69, 9.17) is 14.5 Å². The molecule has 1 N–H and O–H groups in total. The van der Waals surface area contributed by atoms with Crippen molar-refractivity contribution in [3.63, 3.8) is 0 Å². The standard InChI is InChI=1S/C19H29N3O3S/c1-3-26-19-17(18(23)20-13-15-6-4-5-9-25-15)14(2)12-16(21-19)22-7-10-24-11-8-22/h12,15H,3-11,13H2,1-2H3,(H,20,23). The van der Waals surface area contributed by atoms with Crippen molar-refractivity contribution in [1.29, 1.82) is 0 Å². The number of thioether (sulfide) groups is 1. The molecule has 3 rings (SSSR count). The van der Waals surface area contributed by atoms with E-state index in [0.717, 1.165) is 67.9 Å². The van der Waals surface area contributed by atoms with Crippen molar-refractivity contribution in [2.24, 2.45) is 0 Å². The molecule has 1 amide bonds. The number of hydrogen-bond acceptors (Lipinski definition) is 6. The average molecular weight is 380 g/mol. The molecule has 2 aliphatic heterocycles. The molecule has 7 heteroatoms. The molecule has 2 saturated heterocycles. The first kappa shape index (κ1) is 19.5. The molecular weight excluding hydrogens is 350 g/mol. The lowest BCUT2D eigenvalue weighted by atomic mass is 10.1. The number of carbonyl (C=O) groups is 1. The zero-order chi connectivity index (χ0) is 18.4. The van der Waals surface area contributed by atoms with Gasteiger partial charge in [-0.25, -0.2) is 4.98 Å². The molecule has 1 unspecified atom stereocenters. The second kappa shape index (κ2) is 9.58. The third-order valence-corrected chi connectivity index (χ3v) is 5.63. The van der Waals surface area contributed by atoms with E-state index in [9.17, 15) is 4.79 Å². The number of amides is 1. The third kappa shape index (κ3) is 4.90. The fourth-order valence-electron chi connectivity index (χ4n) is 3.36. The number of ether oxygens (including phenoxy) is 2. The third-order valence-electron chi connectivity index (χ3n) is 4.78. The lowest BCUT2D eigenvalue weighted by Crippen LogP contribution is -2.38. The van der Waals surface area contributed by atoms with E-state index in [0.29, 0.717) is 12.1 Å². The van der Waals surface area contributed by atoms with Crippen LogP contribution < -0.4 is 10.2 Å². The number of carbonyl (C=O) groups excluding carboxylic acids is 1. The van der Waals surface area contributed by atoms with Gasteiger partial charge in [0.1, 0.15) is 10.8 Å². The Bertz CT molecular complexity index is 614. The molecule has 2 fully saturated rings. The molecule has 144 valence electrons. The highest BCUT2D eigenvalue weighted by molar-refractivity contribution is 7.99. The molecule has 3 heterocycles. The molecule has 2 aliphatic rings. The average Bonchev–Trinajstić information content (AvgIpc) is 2.67. The molecule has 0 saturated carbocycles. The quantitative estimate of drug-likeness (QED) is 0.767. The minimum atomic E-state index is -0.0475. The Hall–Kier alpha value is -1.31. The van der Waals surface area contributed by atoms with Crippen molar-refractivity contribution in [1.82, 2.24) is 10.3 Å². The minimum Gasteiger partial charge on any atom is -0.378 e. The molecule has 26 heavy (non-hydrogen) atoms. The van der Waals surface area contributed by atoms with Gasteiger partial charge in [-0.2, -0.15) is 0 Å². The van der Waals surface area contributed by atoms with E-state index >= 15 is 0 Å². The Balaban J connectivity index is 1.74. The van der Waals surface area contributed by atoms with Gasteiger partial charge in [-0.3, -0.25) is 4.79 Å². The Morgan fingerprint density at radius 2 is 2.15 bits per heavy atom. The maximum atomic E-state index is 12.8. The van der Waals surface area contributed by atoms with Crippen LogP contribution in [0.3, 0.4) is 0 Å². The monoisotopic (exact) mass is 379 g/mol. The number of rotatable bonds is 6. The fraction of sp³-hybridized carbons (Fsp3) is 0.684. The number of pyridine rings is 1. The van der Waals surface area contributed by atoms with Gasteiger partial charge in [0.15, 0.2) is 0 Å². The minimum absolute atomic E-state index is 0.0475. The van der Waals surface area contributed by atoms with Gasteiger partial charge >= 0.3 is 0 Å². The number of anilines is 1. The lowest BCUT2D eigenvalue weighted by molar-refractivity contribution is 0.0168.